The Morgan fingerprint density at radius 2 is 1.96 bits per heavy atom. The zero-order valence-corrected chi connectivity index (χ0v) is 14.8. The zero-order valence-electron chi connectivity index (χ0n) is 14.8. The molecule has 0 unspecified atom stereocenters. The van der Waals surface area contributed by atoms with Crippen LogP contribution in [0.3, 0.4) is 0 Å². The fourth-order valence-corrected chi connectivity index (χ4v) is 3.73. The number of nitrogens with one attached hydrogen (secondary N) is 1. The number of H-pyrrole nitrogens is 1. The largest absolute Gasteiger partial charge is 0.319 e. The van der Waals surface area contributed by atoms with E-state index in [1.54, 1.807) is 12.4 Å². The zero-order chi connectivity index (χ0) is 19.4. The number of rotatable bonds is 3. The lowest BCUT2D eigenvalue weighted by molar-refractivity contribution is 0.515. The van der Waals surface area contributed by atoms with E-state index in [9.17, 15) is 13.6 Å². The summed E-state index contributed by atoms with van der Waals surface area (Å²) in [5.41, 5.74) is 4.35. The van der Waals surface area contributed by atoms with E-state index in [1.807, 2.05) is 29.7 Å². The molecule has 1 N–H and O–H groups in total. The standard InChI is InChI=1S/C21H14F2N4O/c1-11-18-21(25-8-7-24-18)27(20(11)12-3-2-4-12)10-13-9-16(28)26-19-14(13)5-6-15(22)17(19)23/h2-9H,10H2,1H3,(H,26,28). The Morgan fingerprint density at radius 3 is 2.71 bits per heavy atom. The van der Waals surface area contributed by atoms with Crippen LogP contribution in [0.5, 0.6) is 0 Å². The van der Waals surface area contributed by atoms with E-state index in [4.69, 9.17) is 0 Å². The summed E-state index contributed by atoms with van der Waals surface area (Å²) >= 11 is 0. The van der Waals surface area contributed by atoms with Crippen molar-refractivity contribution in [2.75, 3.05) is 0 Å². The van der Waals surface area contributed by atoms with Crippen LogP contribution in [-0.2, 0) is 6.54 Å². The van der Waals surface area contributed by atoms with Crippen LogP contribution in [0.25, 0.3) is 27.6 Å². The number of benzene rings is 1. The molecule has 3 aromatic heterocycles. The highest BCUT2D eigenvalue weighted by Crippen LogP contribution is 2.33. The van der Waals surface area contributed by atoms with Crippen LogP contribution in [0.15, 0.2) is 53.6 Å². The highest BCUT2D eigenvalue weighted by atomic mass is 19.2. The van der Waals surface area contributed by atoms with E-state index < -0.39 is 17.2 Å². The van der Waals surface area contributed by atoms with Crippen LogP contribution < -0.4 is 5.56 Å². The molecule has 0 spiro atoms. The average Bonchev–Trinajstić information content (AvgIpc) is 2.90. The van der Waals surface area contributed by atoms with E-state index in [0.717, 1.165) is 28.4 Å². The minimum absolute atomic E-state index is 0.133. The van der Waals surface area contributed by atoms with Gasteiger partial charge in [0.25, 0.3) is 0 Å². The molecule has 0 amide bonds. The normalized spacial score (nSPS) is 13.2. The number of nitrogens with zero attached hydrogens (tertiary/aromatic N) is 3. The summed E-state index contributed by atoms with van der Waals surface area (Å²) in [7, 11) is 0. The van der Waals surface area contributed by atoms with Crippen LogP contribution in [0.2, 0.25) is 0 Å². The number of hydrogen-bond donors (Lipinski definition) is 1. The first-order valence-electron chi connectivity index (χ1n) is 8.73. The number of hydrogen-bond acceptors (Lipinski definition) is 3. The summed E-state index contributed by atoms with van der Waals surface area (Å²) < 4.78 is 29.8. The van der Waals surface area contributed by atoms with Gasteiger partial charge in [-0.3, -0.25) is 9.78 Å². The van der Waals surface area contributed by atoms with Crippen molar-refractivity contribution in [1.82, 2.24) is 19.5 Å². The second-order valence-corrected chi connectivity index (χ2v) is 6.71. The van der Waals surface area contributed by atoms with Crippen molar-refractivity contribution < 1.29 is 8.78 Å². The molecule has 0 aliphatic heterocycles. The lowest BCUT2D eigenvalue weighted by Crippen LogP contribution is -2.12. The first kappa shape index (κ1) is 16.6. The molecule has 1 aliphatic rings. The quantitative estimate of drug-likeness (QED) is 0.591. The van der Waals surface area contributed by atoms with Crippen molar-refractivity contribution in [1.29, 1.82) is 0 Å². The molecule has 4 aromatic rings. The van der Waals surface area contributed by atoms with E-state index in [2.05, 4.69) is 15.0 Å². The number of pyridine rings is 1. The Kier molecular flexibility index (Phi) is 3.52. The molecule has 138 valence electrons. The molecule has 0 saturated heterocycles. The maximum Gasteiger partial charge on any atom is 0.248 e. The summed E-state index contributed by atoms with van der Waals surface area (Å²) in [5.74, 6) is -2.06. The van der Waals surface area contributed by atoms with Crippen molar-refractivity contribution in [3.05, 3.63) is 87.6 Å². The molecule has 1 aromatic carbocycles. The molecule has 7 heteroatoms. The molecule has 0 radical (unpaired) electrons. The van der Waals surface area contributed by atoms with Crippen LogP contribution in [0.1, 0.15) is 16.8 Å². The second kappa shape index (κ2) is 5.95. The number of halogens is 2. The van der Waals surface area contributed by atoms with Gasteiger partial charge in [-0.2, -0.15) is 0 Å². The minimum Gasteiger partial charge on any atom is -0.319 e. The fourth-order valence-electron chi connectivity index (χ4n) is 3.73. The van der Waals surface area contributed by atoms with Gasteiger partial charge in [-0.05, 0) is 30.2 Å². The van der Waals surface area contributed by atoms with E-state index in [1.165, 1.54) is 12.1 Å². The third-order valence-electron chi connectivity index (χ3n) is 5.06. The number of aromatic amines is 1. The summed E-state index contributed by atoms with van der Waals surface area (Å²) in [4.78, 5) is 23.4. The lowest BCUT2D eigenvalue weighted by Gasteiger charge is -2.15. The van der Waals surface area contributed by atoms with Crippen LogP contribution >= 0.6 is 0 Å². The van der Waals surface area contributed by atoms with Crippen molar-refractivity contribution in [3.8, 4) is 0 Å². The molecule has 3 heterocycles. The monoisotopic (exact) mass is 376 g/mol. The summed E-state index contributed by atoms with van der Waals surface area (Å²) in [6, 6.07) is 3.95. The van der Waals surface area contributed by atoms with Crippen LogP contribution in [-0.4, -0.2) is 19.5 Å². The van der Waals surface area contributed by atoms with Gasteiger partial charge in [0.1, 0.15) is 5.52 Å². The highest BCUT2D eigenvalue weighted by molar-refractivity contribution is 5.90. The average molecular weight is 376 g/mol. The second-order valence-electron chi connectivity index (χ2n) is 6.71. The summed E-state index contributed by atoms with van der Waals surface area (Å²) in [5, 5.41) is 0.450. The number of fused-ring (bicyclic) bond motifs is 2. The minimum atomic E-state index is -1.06. The van der Waals surface area contributed by atoms with Gasteiger partial charge < -0.3 is 9.55 Å². The molecule has 5 nitrogen and oxygen atoms in total. The SMILES string of the molecule is Cc1c(C2=CC=C2)n(Cc2cc(=O)[nH]c3c(F)c(F)ccc23)c2nccnc12. The highest BCUT2D eigenvalue weighted by Gasteiger charge is 2.21. The van der Waals surface area contributed by atoms with Crippen molar-refractivity contribution >= 4 is 27.6 Å². The Labute approximate surface area is 157 Å². The van der Waals surface area contributed by atoms with Gasteiger partial charge in [0.15, 0.2) is 17.3 Å². The third-order valence-corrected chi connectivity index (χ3v) is 5.06. The Balaban J connectivity index is 1.78. The third kappa shape index (κ3) is 2.32. The van der Waals surface area contributed by atoms with Crippen molar-refractivity contribution in [3.63, 3.8) is 0 Å². The lowest BCUT2D eigenvalue weighted by atomic mass is 10.0. The summed E-state index contributed by atoms with van der Waals surface area (Å²) in [6.07, 6.45) is 9.16. The molecule has 0 saturated carbocycles. The van der Waals surface area contributed by atoms with E-state index in [-0.39, 0.29) is 12.1 Å². The molecule has 0 fully saturated rings. The smallest absolute Gasteiger partial charge is 0.248 e. The topological polar surface area (TPSA) is 63.6 Å². The number of allylic oxidation sites excluding steroid dienone is 4. The molecule has 5 rings (SSSR count). The molecular weight excluding hydrogens is 362 g/mol. The van der Waals surface area contributed by atoms with Gasteiger partial charge >= 0.3 is 0 Å². The van der Waals surface area contributed by atoms with Gasteiger partial charge in [-0.1, -0.05) is 18.2 Å². The molecule has 0 atom stereocenters. The van der Waals surface area contributed by atoms with Crippen molar-refractivity contribution in [2.24, 2.45) is 0 Å². The number of aromatic nitrogens is 4. The molecular formula is C21H14F2N4O. The first-order valence-corrected chi connectivity index (χ1v) is 8.73. The van der Waals surface area contributed by atoms with Crippen LogP contribution in [0.4, 0.5) is 8.78 Å². The van der Waals surface area contributed by atoms with Crippen LogP contribution in [0, 0.1) is 18.6 Å². The predicted octanol–water partition coefficient (Wildman–Crippen LogP) is 3.86. The van der Waals surface area contributed by atoms with E-state index in [0.29, 0.717) is 16.6 Å². The number of aryl methyl sites for hydroxylation is 1. The van der Waals surface area contributed by atoms with E-state index >= 15 is 0 Å². The molecule has 1 aliphatic carbocycles. The Hall–Kier alpha value is -3.61. The Bertz CT molecular complexity index is 1400. The van der Waals surface area contributed by atoms with Gasteiger partial charge in [0, 0.05) is 29.4 Å². The Morgan fingerprint density at radius 1 is 1.18 bits per heavy atom. The van der Waals surface area contributed by atoms with Gasteiger partial charge in [0.05, 0.1) is 17.8 Å². The first-order chi connectivity index (χ1) is 13.5. The summed E-state index contributed by atoms with van der Waals surface area (Å²) in [6.45, 7) is 2.25. The molecule has 28 heavy (non-hydrogen) atoms. The maximum absolute atomic E-state index is 14.2. The van der Waals surface area contributed by atoms with Gasteiger partial charge in [-0.25, -0.2) is 13.8 Å². The predicted molar refractivity (Wildman–Crippen MR) is 103 cm³/mol. The maximum atomic E-state index is 14.2. The van der Waals surface area contributed by atoms with Gasteiger partial charge in [0.2, 0.25) is 5.56 Å². The van der Waals surface area contributed by atoms with Gasteiger partial charge in [-0.15, -0.1) is 0 Å². The molecule has 0 bridgehead atoms. The fraction of sp³-hybridized carbons (Fsp3) is 0.0952. The van der Waals surface area contributed by atoms with Crippen molar-refractivity contribution in [2.45, 2.75) is 13.5 Å².